The third-order valence-corrected chi connectivity index (χ3v) is 12.8. The van der Waals surface area contributed by atoms with Crippen LogP contribution in [0.1, 0.15) is 77.9 Å². The Balaban J connectivity index is 1.45. The van der Waals surface area contributed by atoms with Gasteiger partial charge in [-0.3, -0.25) is 9.69 Å². The molecule has 0 radical (unpaired) electrons. The molecule has 2 N–H and O–H groups in total. The van der Waals surface area contributed by atoms with Gasteiger partial charge in [0, 0.05) is 37.7 Å². The number of carbonyl (C=O) groups is 2. The smallest absolute Gasteiger partial charge is 0.410 e. The van der Waals surface area contributed by atoms with Crippen molar-refractivity contribution in [2.75, 3.05) is 39.4 Å². The molecule has 6 atom stereocenters. The van der Waals surface area contributed by atoms with E-state index in [1.54, 1.807) is 47.4 Å². The minimum Gasteiger partial charge on any atom is -0.496 e. The van der Waals surface area contributed by atoms with E-state index in [0.717, 1.165) is 42.4 Å². The first-order valence-corrected chi connectivity index (χ1v) is 23.1. The molecule has 66 heavy (non-hydrogen) atoms. The lowest BCUT2D eigenvalue weighted by Gasteiger charge is -2.59. The molecule has 350 valence electrons. The van der Waals surface area contributed by atoms with E-state index in [4.69, 9.17) is 45.3 Å². The van der Waals surface area contributed by atoms with E-state index in [1.165, 1.54) is 19.2 Å². The van der Waals surface area contributed by atoms with Gasteiger partial charge in [0.15, 0.2) is 6.29 Å². The highest BCUT2D eigenvalue weighted by atomic mass is 35.5. The average molecular weight is 925 g/mol. The summed E-state index contributed by atoms with van der Waals surface area (Å²) in [7, 11) is 1.50. The summed E-state index contributed by atoms with van der Waals surface area (Å²) in [5, 5.41) is 24.9. The van der Waals surface area contributed by atoms with Crippen LogP contribution in [0.2, 0.25) is 0 Å². The van der Waals surface area contributed by atoms with Crippen molar-refractivity contribution < 1.29 is 52.7 Å². The Labute approximate surface area is 390 Å². The summed E-state index contributed by atoms with van der Waals surface area (Å²) in [5.41, 5.74) is 4.17. The summed E-state index contributed by atoms with van der Waals surface area (Å²) >= 11 is 6.09. The molecule has 2 aliphatic carbocycles. The van der Waals surface area contributed by atoms with Crippen molar-refractivity contribution in [3.8, 4) is 23.0 Å². The highest BCUT2D eigenvalue weighted by molar-refractivity contribution is 6.18. The van der Waals surface area contributed by atoms with Gasteiger partial charge >= 0.3 is 6.09 Å². The zero-order chi connectivity index (χ0) is 46.5. The number of benzene rings is 4. The first kappa shape index (κ1) is 48.2. The number of amides is 1. The minimum atomic E-state index is -1.58. The number of alkyl halides is 1. The number of hydrogen-bond acceptors (Lipinski definition) is 11. The number of methoxy groups -OCH3 is 1. The molecule has 7 rings (SSSR count). The second-order valence-corrected chi connectivity index (χ2v) is 17.1. The summed E-state index contributed by atoms with van der Waals surface area (Å²) in [6.45, 7) is 4.27. The number of halogens is 2. The van der Waals surface area contributed by atoms with Gasteiger partial charge < -0.3 is 38.7 Å². The van der Waals surface area contributed by atoms with E-state index < -0.39 is 29.7 Å². The normalized spacial score (nSPS) is 22.2. The number of aliphatic hydroxyl groups is 2. The molecular formula is C52H58ClFN2O10. The molecule has 1 heterocycles. The number of rotatable bonds is 23. The van der Waals surface area contributed by atoms with Crippen LogP contribution in [0.15, 0.2) is 120 Å². The second kappa shape index (κ2) is 23.1. The number of aldehydes is 1. The van der Waals surface area contributed by atoms with Gasteiger partial charge in [-0.1, -0.05) is 72.6 Å². The largest absolute Gasteiger partial charge is 0.496 e. The Kier molecular flexibility index (Phi) is 16.9. The van der Waals surface area contributed by atoms with E-state index in [0.29, 0.717) is 59.0 Å². The Hall–Kier alpha value is -5.73. The highest BCUT2D eigenvalue weighted by Gasteiger charge is 2.65. The third kappa shape index (κ3) is 10.9. The lowest BCUT2D eigenvalue weighted by Crippen LogP contribution is -2.70. The van der Waals surface area contributed by atoms with E-state index in [2.05, 4.69) is 12.7 Å². The maximum atomic E-state index is 14.6. The molecule has 1 fully saturated rings. The zero-order valence-electron chi connectivity index (χ0n) is 37.2. The van der Waals surface area contributed by atoms with Gasteiger partial charge in [-0.05, 0) is 103 Å². The van der Waals surface area contributed by atoms with Crippen molar-refractivity contribution in [1.29, 1.82) is 0 Å². The van der Waals surface area contributed by atoms with Crippen molar-refractivity contribution in [3.63, 3.8) is 0 Å². The van der Waals surface area contributed by atoms with Crippen LogP contribution in [-0.4, -0.2) is 84.5 Å². The predicted molar refractivity (Wildman–Crippen MR) is 249 cm³/mol. The van der Waals surface area contributed by atoms with E-state index in [-0.39, 0.29) is 69.6 Å². The molecule has 4 aromatic rings. The molecule has 12 nitrogen and oxygen atoms in total. The number of fused-ring (bicyclic) bond motifs is 2. The highest BCUT2D eigenvalue weighted by Crippen LogP contribution is 2.62. The quantitative estimate of drug-likeness (QED) is 0.0242. The number of unbranched alkanes of at least 4 members (excludes halogenated alkanes) is 2. The van der Waals surface area contributed by atoms with Gasteiger partial charge in [0.25, 0.3) is 0 Å². The summed E-state index contributed by atoms with van der Waals surface area (Å²) in [4.78, 5) is 34.3. The Morgan fingerprint density at radius 2 is 1.71 bits per heavy atom. The van der Waals surface area contributed by atoms with Crippen molar-refractivity contribution in [2.24, 2.45) is 22.9 Å². The number of oxime groups is 1. The zero-order valence-corrected chi connectivity index (χ0v) is 38.0. The SMILES string of the molecule is C=CCO[C@@]12Oc3ccc(Oc4ccc(OC)c(C=O)c4)cc3[C@H]3[C@H](CCCCO)[C@@H](CCCCO)C=C(C(=NOCc4ccccc4)C[C@@H]1N(Cc1ccc(F)cc1)C(=O)OCCCl)[C@H]32. The van der Waals surface area contributed by atoms with Crippen LogP contribution in [0.25, 0.3) is 0 Å². The maximum absolute atomic E-state index is 14.6. The van der Waals surface area contributed by atoms with Gasteiger partial charge in [-0.15, -0.1) is 18.2 Å². The molecule has 1 amide bonds. The van der Waals surface area contributed by atoms with Crippen molar-refractivity contribution in [2.45, 2.75) is 75.8 Å². The fourth-order valence-corrected chi connectivity index (χ4v) is 9.85. The molecule has 0 aromatic heterocycles. The monoisotopic (exact) mass is 924 g/mol. The number of ether oxygens (including phenoxy) is 5. The first-order chi connectivity index (χ1) is 32.3. The number of aliphatic hydroxyl groups excluding tert-OH is 2. The summed E-state index contributed by atoms with van der Waals surface area (Å²) in [6, 6.07) is 25.3. The Bertz CT molecular complexity index is 2330. The van der Waals surface area contributed by atoms with Crippen LogP contribution in [0.4, 0.5) is 9.18 Å². The van der Waals surface area contributed by atoms with Gasteiger partial charge in [-0.2, -0.15) is 0 Å². The minimum absolute atomic E-state index is 0.00278. The van der Waals surface area contributed by atoms with Crippen LogP contribution < -0.4 is 14.2 Å². The molecule has 3 aliphatic rings. The molecule has 14 heteroatoms. The summed E-state index contributed by atoms with van der Waals surface area (Å²) < 4.78 is 46.4. The number of hydrogen-bond donors (Lipinski definition) is 2. The number of nitrogens with zero attached hydrogens (tertiary/aromatic N) is 2. The van der Waals surface area contributed by atoms with Crippen LogP contribution in [0, 0.1) is 23.6 Å². The van der Waals surface area contributed by atoms with E-state index in [1.807, 2.05) is 42.5 Å². The molecule has 0 spiro atoms. The van der Waals surface area contributed by atoms with Gasteiger partial charge in [0.1, 0.15) is 48.1 Å². The Morgan fingerprint density at radius 3 is 2.42 bits per heavy atom. The first-order valence-electron chi connectivity index (χ1n) is 22.6. The van der Waals surface area contributed by atoms with Crippen LogP contribution in [0.5, 0.6) is 23.0 Å². The number of allylic oxidation sites excluding steroid dienone is 1. The fourth-order valence-electron chi connectivity index (χ4n) is 9.77. The standard InChI is InChI=1S/C52H58ClFN2O10/c1-3-26-63-52-48(56(51(60)62-27-23-53)32-35-15-17-39(54)18-16-35)31-45(55-64-34-36-11-5-4-6-12-36)43-29-37(13-7-9-24-57)42(14-8-10-25-58)49(50(43)52)44-30-41(20-22-47(44)66-52)65-40-19-21-46(61-2)38(28-40)33-59/h3-6,11-12,15-22,28-30,33,37,42,48-50,57-58H,1,7-10,13-14,23-27,31-32,34H2,2H3/t37-,42+,48-,49+,50+,52+/m0/s1. The predicted octanol–water partition coefficient (Wildman–Crippen LogP) is 10.2. The van der Waals surface area contributed by atoms with Crippen molar-refractivity contribution >= 4 is 29.7 Å². The van der Waals surface area contributed by atoms with Crippen LogP contribution in [-0.2, 0) is 27.5 Å². The molecule has 0 bridgehead atoms. The number of carbonyl (C=O) groups excluding carboxylic acids is 2. The Morgan fingerprint density at radius 1 is 0.970 bits per heavy atom. The molecule has 4 aromatic carbocycles. The average Bonchev–Trinajstić information content (AvgIpc) is 3.34. The molecule has 0 unspecified atom stereocenters. The maximum Gasteiger partial charge on any atom is 0.410 e. The van der Waals surface area contributed by atoms with Crippen molar-refractivity contribution in [3.05, 3.63) is 143 Å². The van der Waals surface area contributed by atoms with E-state index in [9.17, 15) is 24.2 Å². The summed E-state index contributed by atoms with van der Waals surface area (Å²) in [5.74, 6) is -1.13. The lowest BCUT2D eigenvalue weighted by atomic mass is 9.55. The third-order valence-electron chi connectivity index (χ3n) is 12.6. The van der Waals surface area contributed by atoms with Crippen molar-refractivity contribution in [1.82, 2.24) is 4.90 Å². The summed E-state index contributed by atoms with van der Waals surface area (Å²) in [6.07, 6.45) is 8.24. The lowest BCUT2D eigenvalue weighted by molar-refractivity contribution is -0.256. The molecule has 0 saturated heterocycles. The topological polar surface area (TPSA) is 146 Å². The molecular weight excluding hydrogens is 867 g/mol. The van der Waals surface area contributed by atoms with Crippen LogP contribution in [0.3, 0.4) is 0 Å². The fraction of sp³-hybridized carbons (Fsp3) is 0.404. The molecule has 1 aliphatic heterocycles. The van der Waals surface area contributed by atoms with Gasteiger partial charge in [-0.25, -0.2) is 9.18 Å². The van der Waals surface area contributed by atoms with Crippen LogP contribution >= 0.6 is 11.6 Å². The second-order valence-electron chi connectivity index (χ2n) is 16.7. The van der Waals surface area contributed by atoms with E-state index >= 15 is 0 Å². The van der Waals surface area contributed by atoms with Gasteiger partial charge in [0.2, 0.25) is 5.79 Å². The molecule has 1 saturated carbocycles. The van der Waals surface area contributed by atoms with Gasteiger partial charge in [0.05, 0.1) is 36.8 Å².